The minimum atomic E-state index is 0.379. The molecule has 4 nitrogen and oxygen atoms in total. The first-order valence-corrected chi connectivity index (χ1v) is 7.37. The molecule has 21 heavy (non-hydrogen) atoms. The van der Waals surface area contributed by atoms with Crippen LogP contribution in [-0.2, 0) is 6.54 Å². The van der Waals surface area contributed by atoms with E-state index in [1.807, 2.05) is 37.3 Å². The molecule has 1 aromatic carbocycles. The molecule has 0 aliphatic heterocycles. The van der Waals surface area contributed by atoms with Gasteiger partial charge in [-0.3, -0.25) is 0 Å². The number of halogens is 1. The normalized spacial score (nSPS) is 10.4. The van der Waals surface area contributed by atoms with Gasteiger partial charge in [-0.15, -0.1) is 0 Å². The number of aromatic nitrogens is 1. The van der Waals surface area contributed by atoms with Crippen LogP contribution in [0.2, 0.25) is 5.02 Å². The average Bonchev–Trinajstić information content (AvgIpc) is 2.49. The predicted octanol–water partition coefficient (Wildman–Crippen LogP) is 4.04. The summed E-state index contributed by atoms with van der Waals surface area (Å²) in [5.74, 6) is 1.66. The van der Waals surface area contributed by atoms with Gasteiger partial charge in [-0.2, -0.15) is 0 Å². The zero-order valence-electron chi connectivity index (χ0n) is 12.2. The highest BCUT2D eigenvalue weighted by Gasteiger charge is 2.10. The zero-order valence-corrected chi connectivity index (χ0v) is 13.0. The molecule has 0 aliphatic carbocycles. The number of benzene rings is 1. The Balaban J connectivity index is 2.16. The highest BCUT2D eigenvalue weighted by atomic mass is 35.5. The fraction of sp³-hybridized carbons (Fsp3) is 0.312. The van der Waals surface area contributed by atoms with Gasteiger partial charge in [0.25, 0.3) is 0 Å². The molecule has 112 valence electrons. The highest BCUT2D eigenvalue weighted by molar-refractivity contribution is 6.31. The van der Waals surface area contributed by atoms with Gasteiger partial charge in [-0.05, 0) is 37.2 Å². The van der Waals surface area contributed by atoms with E-state index in [4.69, 9.17) is 21.1 Å². The zero-order chi connectivity index (χ0) is 15.1. The van der Waals surface area contributed by atoms with Gasteiger partial charge in [-0.1, -0.05) is 30.7 Å². The molecule has 1 N–H and O–H groups in total. The van der Waals surface area contributed by atoms with Gasteiger partial charge in [0, 0.05) is 12.7 Å². The van der Waals surface area contributed by atoms with E-state index in [1.54, 1.807) is 6.20 Å². The van der Waals surface area contributed by atoms with E-state index in [-0.39, 0.29) is 0 Å². The van der Waals surface area contributed by atoms with Crippen LogP contribution < -0.4 is 14.8 Å². The second-order valence-electron chi connectivity index (χ2n) is 4.39. The second-order valence-corrected chi connectivity index (χ2v) is 4.80. The minimum absolute atomic E-state index is 0.379. The fourth-order valence-corrected chi connectivity index (χ4v) is 2.05. The van der Waals surface area contributed by atoms with Crippen LogP contribution in [0.15, 0.2) is 36.5 Å². The summed E-state index contributed by atoms with van der Waals surface area (Å²) in [5.41, 5.74) is 1.02. The Hall–Kier alpha value is -1.78. The van der Waals surface area contributed by atoms with E-state index in [2.05, 4.69) is 17.2 Å². The van der Waals surface area contributed by atoms with Crippen molar-refractivity contribution in [1.82, 2.24) is 10.3 Å². The van der Waals surface area contributed by atoms with E-state index in [9.17, 15) is 0 Å². The van der Waals surface area contributed by atoms with Crippen LogP contribution >= 0.6 is 11.6 Å². The lowest BCUT2D eigenvalue weighted by atomic mass is 10.3. The number of pyridine rings is 1. The number of hydrogen-bond acceptors (Lipinski definition) is 4. The van der Waals surface area contributed by atoms with Gasteiger partial charge in [0.2, 0.25) is 5.88 Å². The van der Waals surface area contributed by atoms with E-state index in [0.29, 0.717) is 29.0 Å². The first-order chi connectivity index (χ1) is 10.2. The maximum atomic E-state index is 6.23. The molecule has 0 aliphatic rings. The summed E-state index contributed by atoms with van der Waals surface area (Å²) in [4.78, 5) is 4.28. The third-order valence-corrected chi connectivity index (χ3v) is 3.07. The van der Waals surface area contributed by atoms with Crippen molar-refractivity contribution < 1.29 is 9.47 Å². The molecule has 0 amide bonds. The predicted molar refractivity (Wildman–Crippen MR) is 84.3 cm³/mol. The van der Waals surface area contributed by atoms with Gasteiger partial charge < -0.3 is 14.8 Å². The number of nitrogens with one attached hydrogen (secondary N) is 1. The van der Waals surface area contributed by atoms with Crippen LogP contribution in [0.25, 0.3) is 0 Å². The molecule has 0 radical (unpaired) electrons. The van der Waals surface area contributed by atoms with E-state index in [0.717, 1.165) is 18.7 Å². The van der Waals surface area contributed by atoms with Crippen molar-refractivity contribution in [1.29, 1.82) is 0 Å². The molecular formula is C16H19ClN2O2. The summed E-state index contributed by atoms with van der Waals surface area (Å²) < 4.78 is 11.3. The summed E-state index contributed by atoms with van der Waals surface area (Å²) in [5, 5.41) is 3.71. The first kappa shape index (κ1) is 15.6. The van der Waals surface area contributed by atoms with Crippen molar-refractivity contribution in [3.63, 3.8) is 0 Å². The standard InChI is InChI=1S/C16H19ClN2O2/c1-3-18-10-12-9-13(17)16(19-11-12)21-15-8-6-5-7-14(15)20-4-2/h5-9,11,18H,3-4,10H2,1-2H3. The molecule has 2 rings (SSSR count). The molecule has 0 saturated carbocycles. The van der Waals surface area contributed by atoms with E-state index >= 15 is 0 Å². The Bertz CT molecular complexity index is 590. The van der Waals surface area contributed by atoms with Crippen LogP contribution in [0, 0.1) is 0 Å². The number of hydrogen-bond donors (Lipinski definition) is 1. The Morgan fingerprint density at radius 3 is 2.62 bits per heavy atom. The van der Waals surface area contributed by atoms with Gasteiger partial charge in [0.15, 0.2) is 11.5 Å². The summed E-state index contributed by atoms with van der Waals surface area (Å²) in [6.07, 6.45) is 1.76. The molecule has 0 saturated heterocycles. The van der Waals surface area contributed by atoms with Crippen molar-refractivity contribution in [2.75, 3.05) is 13.2 Å². The molecule has 0 bridgehead atoms. The number of para-hydroxylation sites is 2. The van der Waals surface area contributed by atoms with Crippen LogP contribution in [-0.4, -0.2) is 18.1 Å². The van der Waals surface area contributed by atoms with Gasteiger partial charge >= 0.3 is 0 Å². The molecule has 1 heterocycles. The monoisotopic (exact) mass is 306 g/mol. The maximum Gasteiger partial charge on any atom is 0.238 e. The lowest BCUT2D eigenvalue weighted by Crippen LogP contribution is -2.11. The molecule has 1 aromatic heterocycles. The summed E-state index contributed by atoms with van der Waals surface area (Å²) in [6.45, 7) is 6.19. The van der Waals surface area contributed by atoms with E-state index in [1.165, 1.54) is 0 Å². The molecule has 0 spiro atoms. The molecular weight excluding hydrogens is 288 g/mol. The van der Waals surface area contributed by atoms with Crippen molar-refractivity contribution in [3.8, 4) is 17.4 Å². The topological polar surface area (TPSA) is 43.4 Å². The smallest absolute Gasteiger partial charge is 0.238 e. The largest absolute Gasteiger partial charge is 0.490 e. The Morgan fingerprint density at radius 1 is 1.19 bits per heavy atom. The van der Waals surface area contributed by atoms with Gasteiger partial charge in [-0.25, -0.2) is 4.98 Å². The van der Waals surface area contributed by atoms with Crippen molar-refractivity contribution in [2.45, 2.75) is 20.4 Å². The quantitative estimate of drug-likeness (QED) is 0.838. The van der Waals surface area contributed by atoms with E-state index < -0.39 is 0 Å². The fourth-order valence-electron chi connectivity index (χ4n) is 1.82. The molecule has 0 fully saturated rings. The lowest BCUT2D eigenvalue weighted by molar-refractivity contribution is 0.319. The maximum absolute atomic E-state index is 6.23. The number of ether oxygens (including phenoxy) is 2. The lowest BCUT2D eigenvalue weighted by Gasteiger charge is -2.12. The third-order valence-electron chi connectivity index (χ3n) is 2.80. The van der Waals surface area contributed by atoms with Crippen LogP contribution in [0.5, 0.6) is 17.4 Å². The summed E-state index contributed by atoms with van der Waals surface area (Å²) >= 11 is 6.23. The highest BCUT2D eigenvalue weighted by Crippen LogP contribution is 2.33. The second kappa shape index (κ2) is 7.86. The Morgan fingerprint density at radius 2 is 1.95 bits per heavy atom. The Kier molecular flexibility index (Phi) is 5.84. The molecule has 0 atom stereocenters. The SMILES string of the molecule is CCNCc1cnc(Oc2ccccc2OCC)c(Cl)c1. The van der Waals surface area contributed by atoms with Crippen LogP contribution in [0.4, 0.5) is 0 Å². The van der Waals surface area contributed by atoms with Crippen molar-refractivity contribution >= 4 is 11.6 Å². The van der Waals surface area contributed by atoms with Gasteiger partial charge in [0.1, 0.15) is 5.02 Å². The van der Waals surface area contributed by atoms with Crippen LogP contribution in [0.3, 0.4) is 0 Å². The third kappa shape index (κ3) is 4.34. The number of rotatable bonds is 7. The first-order valence-electron chi connectivity index (χ1n) is 6.99. The molecule has 5 heteroatoms. The number of nitrogens with zero attached hydrogens (tertiary/aromatic N) is 1. The minimum Gasteiger partial charge on any atom is -0.490 e. The molecule has 0 unspecified atom stereocenters. The van der Waals surface area contributed by atoms with Gasteiger partial charge in [0.05, 0.1) is 6.61 Å². The molecule has 2 aromatic rings. The van der Waals surface area contributed by atoms with Crippen LogP contribution in [0.1, 0.15) is 19.4 Å². The summed E-state index contributed by atoms with van der Waals surface area (Å²) in [7, 11) is 0. The Labute approximate surface area is 130 Å². The van der Waals surface area contributed by atoms with Crippen molar-refractivity contribution in [2.24, 2.45) is 0 Å². The average molecular weight is 307 g/mol. The summed E-state index contributed by atoms with van der Waals surface area (Å²) in [6, 6.07) is 9.31. The van der Waals surface area contributed by atoms with Crippen molar-refractivity contribution in [3.05, 3.63) is 47.1 Å².